The van der Waals surface area contributed by atoms with Gasteiger partial charge in [0.1, 0.15) is 0 Å². The molecule has 1 atom stereocenters. The van der Waals surface area contributed by atoms with Gasteiger partial charge in [0.2, 0.25) is 5.91 Å². The summed E-state index contributed by atoms with van der Waals surface area (Å²) in [5.41, 5.74) is 3.68. The number of carbonyl (C=O) groups excluding carboxylic acids is 1. The van der Waals surface area contributed by atoms with E-state index in [9.17, 15) is 9.59 Å². The summed E-state index contributed by atoms with van der Waals surface area (Å²) in [6, 6.07) is 7.17. The van der Waals surface area contributed by atoms with Gasteiger partial charge in [0.15, 0.2) is 0 Å². The Morgan fingerprint density at radius 2 is 1.64 bits per heavy atom. The second-order valence-corrected chi connectivity index (χ2v) is 9.75. The number of carboxylic acids is 1. The average molecular weight is 380 g/mol. The summed E-state index contributed by atoms with van der Waals surface area (Å²) in [6.07, 6.45) is 7.47. The lowest BCUT2D eigenvalue weighted by atomic mass is 9.58. The number of aromatic carboxylic acids is 1. The Balaban J connectivity index is 1.64. The summed E-state index contributed by atoms with van der Waals surface area (Å²) in [7, 11) is 0. The molecule has 4 rings (SSSR count). The normalized spacial score (nSPS) is 27.4. The van der Waals surface area contributed by atoms with Gasteiger partial charge in [-0.3, -0.25) is 4.79 Å². The van der Waals surface area contributed by atoms with E-state index in [1.54, 1.807) is 12.1 Å². The third-order valence-corrected chi connectivity index (χ3v) is 7.06. The number of hydrogen-bond donors (Lipinski definition) is 1. The molecule has 1 N–H and O–H groups in total. The minimum absolute atomic E-state index is 0.0484. The minimum atomic E-state index is -0.903. The van der Waals surface area contributed by atoms with Gasteiger partial charge in [-0.1, -0.05) is 57.6 Å². The van der Waals surface area contributed by atoms with Gasteiger partial charge in [-0.05, 0) is 42.5 Å². The fourth-order valence-electron chi connectivity index (χ4n) is 5.14. The molecule has 0 bridgehead atoms. The van der Waals surface area contributed by atoms with Crippen LogP contribution in [0.15, 0.2) is 42.0 Å². The SMILES string of the molecule is CC1(C(=O)N2CC=C3C(C)(C)C(c4ccc(C(=O)O)cc4)=CC[C@]3(C)C2)CC1. The highest BCUT2D eigenvalue weighted by atomic mass is 16.4. The van der Waals surface area contributed by atoms with Crippen molar-refractivity contribution in [2.24, 2.45) is 16.2 Å². The fraction of sp³-hybridized carbons (Fsp3) is 0.500. The van der Waals surface area contributed by atoms with Crippen LogP contribution in [-0.2, 0) is 4.79 Å². The maximum atomic E-state index is 12.9. The van der Waals surface area contributed by atoms with E-state index in [1.807, 2.05) is 17.0 Å². The van der Waals surface area contributed by atoms with Gasteiger partial charge >= 0.3 is 5.97 Å². The predicted octanol–water partition coefficient (Wildman–Crippen LogP) is 4.77. The van der Waals surface area contributed by atoms with E-state index in [-0.39, 0.29) is 16.2 Å². The van der Waals surface area contributed by atoms with Crippen LogP contribution in [0.1, 0.15) is 62.9 Å². The number of amides is 1. The summed E-state index contributed by atoms with van der Waals surface area (Å²) < 4.78 is 0. The van der Waals surface area contributed by atoms with E-state index in [0.717, 1.165) is 31.4 Å². The average Bonchev–Trinajstić information content (AvgIpc) is 3.39. The molecular weight excluding hydrogens is 350 g/mol. The third kappa shape index (κ3) is 2.90. The van der Waals surface area contributed by atoms with Crippen LogP contribution in [0.25, 0.3) is 5.57 Å². The van der Waals surface area contributed by atoms with E-state index >= 15 is 0 Å². The Hall–Kier alpha value is -2.36. The fourth-order valence-corrected chi connectivity index (χ4v) is 5.14. The molecule has 1 amide bonds. The van der Waals surface area contributed by atoms with Gasteiger partial charge in [0.25, 0.3) is 0 Å². The van der Waals surface area contributed by atoms with Crippen molar-refractivity contribution in [1.29, 1.82) is 0 Å². The second-order valence-electron chi connectivity index (χ2n) is 9.75. The molecule has 1 aliphatic heterocycles. The Morgan fingerprint density at radius 1 is 1.00 bits per heavy atom. The van der Waals surface area contributed by atoms with Crippen molar-refractivity contribution in [2.45, 2.75) is 47.0 Å². The number of benzene rings is 1. The van der Waals surface area contributed by atoms with Crippen molar-refractivity contribution in [3.8, 4) is 0 Å². The van der Waals surface area contributed by atoms with Crippen molar-refractivity contribution >= 4 is 17.4 Å². The lowest BCUT2D eigenvalue weighted by Gasteiger charge is -2.51. The molecule has 28 heavy (non-hydrogen) atoms. The molecule has 3 aliphatic rings. The lowest BCUT2D eigenvalue weighted by molar-refractivity contribution is -0.137. The minimum Gasteiger partial charge on any atom is -0.478 e. The molecular formula is C24H29NO3. The van der Waals surface area contributed by atoms with Crippen LogP contribution in [0.3, 0.4) is 0 Å². The Morgan fingerprint density at radius 3 is 2.21 bits per heavy atom. The van der Waals surface area contributed by atoms with Gasteiger partial charge in [-0.25, -0.2) is 4.79 Å². The van der Waals surface area contributed by atoms with Crippen molar-refractivity contribution in [3.63, 3.8) is 0 Å². The summed E-state index contributed by atoms with van der Waals surface area (Å²) in [5.74, 6) is -0.596. The van der Waals surface area contributed by atoms with E-state index in [2.05, 4.69) is 39.8 Å². The zero-order chi connectivity index (χ0) is 20.3. The molecule has 1 heterocycles. The van der Waals surface area contributed by atoms with Crippen molar-refractivity contribution in [3.05, 3.63) is 53.1 Å². The monoisotopic (exact) mass is 379 g/mol. The summed E-state index contributed by atoms with van der Waals surface area (Å²) in [4.78, 5) is 26.1. The molecule has 0 spiro atoms. The van der Waals surface area contributed by atoms with Gasteiger partial charge < -0.3 is 10.0 Å². The van der Waals surface area contributed by atoms with Crippen LogP contribution in [0, 0.1) is 16.2 Å². The standard InChI is InChI=1S/C24H29NO3/c1-22(2)18(16-5-7-17(8-6-16)20(26)27)9-11-24(4)15-25(14-10-19(22)24)21(28)23(3)12-13-23/h5-10H,11-15H2,1-4H3,(H,26,27)/t24-/m1/s1. The van der Waals surface area contributed by atoms with Crippen molar-refractivity contribution in [1.82, 2.24) is 4.90 Å². The highest BCUT2D eigenvalue weighted by Crippen LogP contribution is 2.56. The molecule has 0 unspecified atom stereocenters. The molecule has 0 aromatic heterocycles. The van der Waals surface area contributed by atoms with Crippen LogP contribution in [0.2, 0.25) is 0 Å². The van der Waals surface area contributed by atoms with Crippen molar-refractivity contribution < 1.29 is 14.7 Å². The summed E-state index contributed by atoms with van der Waals surface area (Å²) >= 11 is 0. The number of carboxylic acid groups (broad SMARTS) is 1. The van der Waals surface area contributed by atoms with Crippen LogP contribution in [-0.4, -0.2) is 35.0 Å². The largest absolute Gasteiger partial charge is 0.478 e. The van der Waals surface area contributed by atoms with Crippen LogP contribution in [0.5, 0.6) is 0 Å². The maximum absolute atomic E-state index is 12.9. The first-order valence-corrected chi connectivity index (χ1v) is 10.1. The maximum Gasteiger partial charge on any atom is 0.335 e. The number of fused-ring (bicyclic) bond motifs is 1. The van der Waals surface area contributed by atoms with Gasteiger partial charge in [0.05, 0.1) is 5.56 Å². The molecule has 1 aromatic rings. The van der Waals surface area contributed by atoms with Gasteiger partial charge in [0, 0.05) is 29.3 Å². The first-order valence-electron chi connectivity index (χ1n) is 10.1. The van der Waals surface area contributed by atoms with E-state index < -0.39 is 5.97 Å². The van der Waals surface area contributed by atoms with Gasteiger partial charge in [-0.15, -0.1) is 0 Å². The lowest BCUT2D eigenvalue weighted by Crippen LogP contribution is -2.50. The van der Waals surface area contributed by atoms with Gasteiger partial charge in [-0.2, -0.15) is 0 Å². The van der Waals surface area contributed by atoms with Crippen LogP contribution in [0.4, 0.5) is 0 Å². The number of nitrogens with zero attached hydrogens (tertiary/aromatic N) is 1. The van der Waals surface area contributed by atoms with E-state index in [0.29, 0.717) is 18.0 Å². The molecule has 1 aromatic carbocycles. The molecule has 0 radical (unpaired) electrons. The zero-order valence-corrected chi connectivity index (χ0v) is 17.2. The predicted molar refractivity (Wildman–Crippen MR) is 110 cm³/mol. The number of hydrogen-bond acceptors (Lipinski definition) is 2. The topological polar surface area (TPSA) is 57.6 Å². The molecule has 4 nitrogen and oxygen atoms in total. The van der Waals surface area contributed by atoms with Crippen molar-refractivity contribution in [2.75, 3.05) is 13.1 Å². The molecule has 148 valence electrons. The van der Waals surface area contributed by atoms with Crippen LogP contribution >= 0.6 is 0 Å². The number of rotatable bonds is 3. The Bertz CT molecular complexity index is 902. The molecule has 1 saturated carbocycles. The molecule has 4 heteroatoms. The van der Waals surface area contributed by atoms with E-state index in [1.165, 1.54) is 11.1 Å². The first-order chi connectivity index (χ1) is 13.1. The summed E-state index contributed by atoms with van der Waals surface area (Å²) in [6.45, 7) is 10.3. The Labute approximate surface area is 166 Å². The first kappa shape index (κ1) is 19.0. The molecule has 1 fully saturated rings. The highest BCUT2D eigenvalue weighted by Gasteiger charge is 2.51. The molecule has 0 saturated heterocycles. The zero-order valence-electron chi connectivity index (χ0n) is 17.2. The Kier molecular flexibility index (Phi) is 4.11. The highest BCUT2D eigenvalue weighted by molar-refractivity contribution is 5.88. The number of allylic oxidation sites excluding steroid dienone is 2. The third-order valence-electron chi connectivity index (χ3n) is 7.06. The molecule has 2 aliphatic carbocycles. The quantitative estimate of drug-likeness (QED) is 0.770. The second kappa shape index (κ2) is 6.07. The number of carbonyl (C=O) groups is 2. The summed E-state index contributed by atoms with van der Waals surface area (Å²) in [5, 5.41) is 9.15. The van der Waals surface area contributed by atoms with E-state index in [4.69, 9.17) is 5.11 Å². The van der Waals surface area contributed by atoms with Crippen LogP contribution < -0.4 is 0 Å². The smallest absolute Gasteiger partial charge is 0.335 e.